The predicted molar refractivity (Wildman–Crippen MR) is 30.3 cm³/mol. The number of nitrogens with one attached hydrogen (secondary N) is 1. The van der Waals surface area contributed by atoms with Gasteiger partial charge in [-0.2, -0.15) is 0 Å². The molecule has 0 unspecified atom stereocenters. The first-order valence-corrected chi connectivity index (χ1v) is 2.48. The largest absolute Gasteiger partial charge is 0.334 e. The molecule has 0 atom stereocenters. The van der Waals surface area contributed by atoms with Crippen LogP contribution < -0.4 is 5.32 Å². The number of hydrogen-bond donors (Lipinski definition) is 1. The molecule has 2 amide bonds. The van der Waals surface area contributed by atoms with E-state index in [0.29, 0.717) is 6.54 Å². The van der Waals surface area contributed by atoms with Crippen LogP contribution in [0.3, 0.4) is 0 Å². The second kappa shape index (κ2) is 1.86. The van der Waals surface area contributed by atoms with E-state index in [1.165, 1.54) is 4.90 Å². The summed E-state index contributed by atoms with van der Waals surface area (Å²) in [6.45, 7) is 0.656. The van der Waals surface area contributed by atoms with Crippen LogP contribution in [0.25, 0.3) is 0 Å². The van der Waals surface area contributed by atoms with Gasteiger partial charge in [0, 0.05) is 19.8 Å². The Morgan fingerprint density at radius 3 is 3.00 bits per heavy atom. The number of hydrogen-bond acceptors (Lipinski definition) is 1. The molecule has 8 heavy (non-hydrogen) atoms. The minimum atomic E-state index is -0.0347. The standard InChI is InChI=1S/C5H8N2O/c1-7-4-2-3-6-5(7)8/h2,4H,3H2,1H3,(H,6,8). The van der Waals surface area contributed by atoms with Crippen LogP contribution in [0.4, 0.5) is 4.79 Å². The Labute approximate surface area is 48.0 Å². The van der Waals surface area contributed by atoms with Crippen LogP contribution in [0, 0.1) is 0 Å². The molecule has 0 aromatic rings. The summed E-state index contributed by atoms with van der Waals surface area (Å²) in [7, 11) is 1.71. The zero-order valence-electron chi connectivity index (χ0n) is 4.72. The maximum Gasteiger partial charge on any atom is 0.321 e. The van der Waals surface area contributed by atoms with E-state index in [2.05, 4.69) is 5.32 Å². The fraction of sp³-hybridized carbons (Fsp3) is 0.400. The molecule has 0 bridgehead atoms. The van der Waals surface area contributed by atoms with Crippen LogP contribution in [0.1, 0.15) is 0 Å². The van der Waals surface area contributed by atoms with Gasteiger partial charge < -0.3 is 10.2 Å². The van der Waals surface area contributed by atoms with Gasteiger partial charge in [0.05, 0.1) is 0 Å². The molecule has 1 rings (SSSR count). The van der Waals surface area contributed by atoms with Gasteiger partial charge in [-0.25, -0.2) is 4.79 Å². The van der Waals surface area contributed by atoms with Gasteiger partial charge in [0.25, 0.3) is 0 Å². The van der Waals surface area contributed by atoms with Crippen molar-refractivity contribution in [2.75, 3.05) is 13.6 Å². The van der Waals surface area contributed by atoms with Crippen LogP contribution in [0.15, 0.2) is 12.3 Å². The number of urea groups is 1. The van der Waals surface area contributed by atoms with Crippen molar-refractivity contribution in [3.63, 3.8) is 0 Å². The van der Waals surface area contributed by atoms with Crippen LogP contribution in [0.2, 0.25) is 0 Å². The van der Waals surface area contributed by atoms with Gasteiger partial charge in [-0.1, -0.05) is 0 Å². The molecular formula is C5H8N2O. The van der Waals surface area contributed by atoms with E-state index < -0.39 is 0 Å². The molecule has 0 radical (unpaired) electrons. The molecule has 0 saturated carbocycles. The molecule has 1 heterocycles. The van der Waals surface area contributed by atoms with Gasteiger partial charge >= 0.3 is 6.03 Å². The number of carbonyl (C=O) groups is 1. The quantitative estimate of drug-likeness (QED) is 0.475. The summed E-state index contributed by atoms with van der Waals surface area (Å²) < 4.78 is 0. The molecule has 0 aliphatic carbocycles. The van der Waals surface area contributed by atoms with Crippen molar-refractivity contribution in [2.45, 2.75) is 0 Å². The summed E-state index contributed by atoms with van der Waals surface area (Å²) >= 11 is 0. The molecule has 0 aromatic heterocycles. The number of carbonyl (C=O) groups excluding carboxylic acids is 1. The van der Waals surface area contributed by atoms with E-state index in [1.807, 2.05) is 6.08 Å². The maximum absolute atomic E-state index is 10.6. The molecule has 3 nitrogen and oxygen atoms in total. The third-order valence-electron chi connectivity index (χ3n) is 1.02. The second-order valence-electron chi connectivity index (χ2n) is 1.68. The van der Waals surface area contributed by atoms with Crippen molar-refractivity contribution >= 4 is 6.03 Å². The number of nitrogens with zero attached hydrogens (tertiary/aromatic N) is 1. The van der Waals surface area contributed by atoms with Gasteiger partial charge in [0.15, 0.2) is 0 Å². The van der Waals surface area contributed by atoms with Crippen molar-refractivity contribution < 1.29 is 4.79 Å². The molecule has 0 spiro atoms. The number of rotatable bonds is 0. The Bertz CT molecular complexity index is 130. The van der Waals surface area contributed by atoms with Crippen molar-refractivity contribution in [3.05, 3.63) is 12.3 Å². The molecule has 0 saturated heterocycles. The topological polar surface area (TPSA) is 32.3 Å². The summed E-state index contributed by atoms with van der Waals surface area (Å²) in [5.41, 5.74) is 0. The summed E-state index contributed by atoms with van der Waals surface area (Å²) in [5, 5.41) is 2.63. The molecule has 1 aliphatic rings. The van der Waals surface area contributed by atoms with E-state index in [4.69, 9.17) is 0 Å². The molecule has 1 N–H and O–H groups in total. The van der Waals surface area contributed by atoms with Gasteiger partial charge in [-0.05, 0) is 6.08 Å². The first kappa shape index (κ1) is 5.15. The minimum absolute atomic E-state index is 0.0347. The van der Waals surface area contributed by atoms with Crippen molar-refractivity contribution in [2.24, 2.45) is 0 Å². The monoisotopic (exact) mass is 112 g/mol. The highest BCUT2D eigenvalue weighted by molar-refractivity contribution is 5.75. The van der Waals surface area contributed by atoms with Crippen LogP contribution in [0.5, 0.6) is 0 Å². The molecule has 0 aromatic carbocycles. The zero-order chi connectivity index (χ0) is 5.98. The van der Waals surface area contributed by atoms with Gasteiger partial charge in [-0.3, -0.25) is 0 Å². The Morgan fingerprint density at radius 2 is 2.62 bits per heavy atom. The van der Waals surface area contributed by atoms with Crippen LogP contribution >= 0.6 is 0 Å². The van der Waals surface area contributed by atoms with Crippen molar-refractivity contribution in [1.82, 2.24) is 10.2 Å². The average molecular weight is 112 g/mol. The molecule has 0 fully saturated rings. The fourth-order valence-electron chi connectivity index (χ4n) is 0.549. The normalized spacial score (nSPS) is 18.6. The predicted octanol–water partition coefficient (Wildman–Crippen LogP) is 0.155. The van der Waals surface area contributed by atoms with E-state index in [1.54, 1.807) is 13.2 Å². The SMILES string of the molecule is CN1C=CCNC1=O. The fourth-order valence-corrected chi connectivity index (χ4v) is 0.549. The average Bonchev–Trinajstić information content (AvgIpc) is 1.77. The third kappa shape index (κ3) is 0.804. The molecule has 1 aliphatic heterocycles. The Kier molecular flexibility index (Phi) is 1.20. The first-order valence-electron chi connectivity index (χ1n) is 2.48. The van der Waals surface area contributed by atoms with Gasteiger partial charge in [0.2, 0.25) is 0 Å². The summed E-state index contributed by atoms with van der Waals surface area (Å²) in [5.74, 6) is 0. The lowest BCUT2D eigenvalue weighted by Crippen LogP contribution is -2.37. The zero-order valence-corrected chi connectivity index (χ0v) is 4.72. The molecular weight excluding hydrogens is 104 g/mol. The molecule has 3 heteroatoms. The lowest BCUT2D eigenvalue weighted by molar-refractivity contribution is 0.221. The van der Waals surface area contributed by atoms with Gasteiger partial charge in [-0.15, -0.1) is 0 Å². The van der Waals surface area contributed by atoms with Crippen molar-refractivity contribution in [3.8, 4) is 0 Å². The highest BCUT2D eigenvalue weighted by Gasteiger charge is 2.05. The Morgan fingerprint density at radius 1 is 1.88 bits per heavy atom. The minimum Gasteiger partial charge on any atom is -0.334 e. The van der Waals surface area contributed by atoms with Gasteiger partial charge in [0.1, 0.15) is 0 Å². The van der Waals surface area contributed by atoms with E-state index in [-0.39, 0.29) is 6.03 Å². The third-order valence-corrected chi connectivity index (χ3v) is 1.02. The van der Waals surface area contributed by atoms with E-state index in [0.717, 1.165) is 0 Å². The van der Waals surface area contributed by atoms with Crippen molar-refractivity contribution in [1.29, 1.82) is 0 Å². The van der Waals surface area contributed by atoms with E-state index in [9.17, 15) is 4.79 Å². The Balaban J connectivity index is 2.60. The highest BCUT2D eigenvalue weighted by Crippen LogP contribution is 1.89. The summed E-state index contributed by atoms with van der Waals surface area (Å²) in [4.78, 5) is 12.1. The van der Waals surface area contributed by atoms with E-state index >= 15 is 0 Å². The van der Waals surface area contributed by atoms with Crippen LogP contribution in [-0.2, 0) is 0 Å². The summed E-state index contributed by atoms with van der Waals surface area (Å²) in [6.07, 6.45) is 3.64. The molecule has 44 valence electrons. The Hall–Kier alpha value is -0.990. The first-order chi connectivity index (χ1) is 3.80. The summed E-state index contributed by atoms with van der Waals surface area (Å²) in [6, 6.07) is -0.0347. The number of amides is 2. The smallest absolute Gasteiger partial charge is 0.321 e. The maximum atomic E-state index is 10.6. The second-order valence-corrected chi connectivity index (χ2v) is 1.68. The lowest BCUT2D eigenvalue weighted by atomic mass is 10.5. The highest BCUT2D eigenvalue weighted by atomic mass is 16.2. The van der Waals surface area contributed by atoms with Crippen LogP contribution in [-0.4, -0.2) is 24.5 Å². The lowest BCUT2D eigenvalue weighted by Gasteiger charge is -2.16.